The molecule has 1 aromatic carbocycles. The summed E-state index contributed by atoms with van der Waals surface area (Å²) in [5.41, 5.74) is 2.69. The number of benzene rings is 1. The Morgan fingerprint density at radius 1 is 1.20 bits per heavy atom. The molecule has 0 saturated carbocycles. The average molecular weight is 340 g/mol. The van der Waals surface area contributed by atoms with E-state index in [0.29, 0.717) is 23.6 Å². The molecule has 1 amide bonds. The second kappa shape index (κ2) is 8.87. The molecule has 5 nitrogen and oxygen atoms in total. The van der Waals surface area contributed by atoms with Crippen molar-refractivity contribution in [1.29, 1.82) is 0 Å². The van der Waals surface area contributed by atoms with Gasteiger partial charge >= 0.3 is 0 Å². The first kappa shape index (κ1) is 18.5. The fourth-order valence-electron chi connectivity index (χ4n) is 2.51. The SMILES string of the molecule is COc1ccc(CCN(C)C(=O)C(C)=Cc2cccnc2)cc1OC. The number of hydrogen-bond acceptors (Lipinski definition) is 4. The van der Waals surface area contributed by atoms with Crippen LogP contribution in [0, 0.1) is 0 Å². The highest BCUT2D eigenvalue weighted by molar-refractivity contribution is 5.97. The minimum atomic E-state index is 0.00401. The number of nitrogens with zero attached hydrogens (tertiary/aromatic N) is 2. The van der Waals surface area contributed by atoms with Gasteiger partial charge in [0, 0.05) is 31.6 Å². The van der Waals surface area contributed by atoms with Crippen LogP contribution in [-0.4, -0.2) is 43.6 Å². The van der Waals surface area contributed by atoms with Gasteiger partial charge in [-0.15, -0.1) is 0 Å². The summed E-state index contributed by atoms with van der Waals surface area (Å²) in [5, 5.41) is 0. The molecule has 0 unspecified atom stereocenters. The summed E-state index contributed by atoms with van der Waals surface area (Å²) in [6.07, 6.45) is 6.04. The normalized spacial score (nSPS) is 11.1. The number of methoxy groups -OCH3 is 2. The van der Waals surface area contributed by atoms with Crippen LogP contribution in [0.3, 0.4) is 0 Å². The van der Waals surface area contributed by atoms with Gasteiger partial charge < -0.3 is 14.4 Å². The van der Waals surface area contributed by atoms with Gasteiger partial charge in [0.15, 0.2) is 11.5 Å². The molecule has 0 atom stereocenters. The Kier molecular flexibility index (Phi) is 6.57. The molecule has 1 aromatic heterocycles. The third kappa shape index (κ3) is 5.08. The smallest absolute Gasteiger partial charge is 0.249 e. The summed E-state index contributed by atoms with van der Waals surface area (Å²) < 4.78 is 10.6. The number of likely N-dealkylation sites (N-methyl/N-ethyl adjacent to an activating group) is 1. The van der Waals surface area contributed by atoms with E-state index < -0.39 is 0 Å². The van der Waals surface area contributed by atoms with E-state index in [4.69, 9.17) is 9.47 Å². The summed E-state index contributed by atoms with van der Waals surface area (Å²) in [6, 6.07) is 9.58. The topological polar surface area (TPSA) is 51.7 Å². The molecule has 2 rings (SSSR count). The molecule has 25 heavy (non-hydrogen) atoms. The summed E-state index contributed by atoms with van der Waals surface area (Å²) in [6.45, 7) is 2.44. The Morgan fingerprint density at radius 3 is 2.60 bits per heavy atom. The fraction of sp³-hybridized carbons (Fsp3) is 0.300. The molecule has 132 valence electrons. The van der Waals surface area contributed by atoms with Gasteiger partial charge in [0.2, 0.25) is 5.91 Å². The number of pyridine rings is 1. The predicted octanol–water partition coefficient (Wildman–Crippen LogP) is 3.20. The highest BCUT2D eigenvalue weighted by atomic mass is 16.5. The van der Waals surface area contributed by atoms with Gasteiger partial charge in [0.05, 0.1) is 14.2 Å². The maximum atomic E-state index is 12.5. The van der Waals surface area contributed by atoms with E-state index in [2.05, 4.69) is 4.98 Å². The standard InChI is InChI=1S/C20H24N2O3/c1-15(12-17-6-5-10-21-14-17)20(23)22(2)11-9-16-7-8-18(24-3)19(13-16)25-4/h5-8,10,12-14H,9,11H2,1-4H3. The number of hydrogen-bond donors (Lipinski definition) is 0. The number of ether oxygens (including phenoxy) is 2. The van der Waals surface area contributed by atoms with Crippen molar-refractivity contribution in [2.45, 2.75) is 13.3 Å². The Balaban J connectivity index is 1.98. The Labute approximate surface area is 148 Å². The first-order valence-electron chi connectivity index (χ1n) is 8.10. The van der Waals surface area contributed by atoms with E-state index in [1.165, 1.54) is 0 Å². The minimum absolute atomic E-state index is 0.00401. The first-order valence-corrected chi connectivity index (χ1v) is 8.10. The Hall–Kier alpha value is -2.82. The van der Waals surface area contributed by atoms with Gasteiger partial charge in [-0.25, -0.2) is 0 Å². The van der Waals surface area contributed by atoms with Crippen molar-refractivity contribution in [1.82, 2.24) is 9.88 Å². The van der Waals surface area contributed by atoms with Gasteiger partial charge in [0.25, 0.3) is 0 Å². The quantitative estimate of drug-likeness (QED) is 0.726. The predicted molar refractivity (Wildman–Crippen MR) is 98.8 cm³/mol. The van der Waals surface area contributed by atoms with Crippen LogP contribution >= 0.6 is 0 Å². The Morgan fingerprint density at radius 2 is 1.96 bits per heavy atom. The van der Waals surface area contributed by atoms with E-state index >= 15 is 0 Å². The number of rotatable bonds is 7. The molecule has 0 aliphatic carbocycles. The van der Waals surface area contributed by atoms with Crippen molar-refractivity contribution < 1.29 is 14.3 Å². The molecule has 1 heterocycles. The number of carbonyl (C=O) groups excluding carboxylic acids is 1. The zero-order chi connectivity index (χ0) is 18.2. The molecule has 5 heteroatoms. The summed E-state index contributed by atoms with van der Waals surface area (Å²) in [5.74, 6) is 1.40. The second-order valence-electron chi connectivity index (χ2n) is 5.78. The maximum Gasteiger partial charge on any atom is 0.249 e. The van der Waals surface area contributed by atoms with Crippen molar-refractivity contribution in [2.24, 2.45) is 0 Å². The van der Waals surface area contributed by atoms with Crippen molar-refractivity contribution in [3.05, 3.63) is 59.4 Å². The van der Waals surface area contributed by atoms with Gasteiger partial charge in [-0.1, -0.05) is 12.1 Å². The van der Waals surface area contributed by atoms with Crippen LogP contribution in [0.25, 0.3) is 6.08 Å². The average Bonchev–Trinajstić information content (AvgIpc) is 2.65. The summed E-state index contributed by atoms with van der Waals surface area (Å²) in [4.78, 5) is 18.3. The lowest BCUT2D eigenvalue weighted by Crippen LogP contribution is -2.29. The number of amides is 1. The molecule has 0 bridgehead atoms. The zero-order valence-corrected chi connectivity index (χ0v) is 15.2. The number of carbonyl (C=O) groups is 1. The van der Waals surface area contributed by atoms with Crippen LogP contribution in [0.1, 0.15) is 18.1 Å². The monoisotopic (exact) mass is 340 g/mol. The van der Waals surface area contributed by atoms with Crippen molar-refractivity contribution >= 4 is 12.0 Å². The van der Waals surface area contributed by atoms with Crippen LogP contribution in [0.4, 0.5) is 0 Å². The van der Waals surface area contributed by atoms with Crippen LogP contribution < -0.4 is 9.47 Å². The van der Waals surface area contributed by atoms with E-state index in [0.717, 1.165) is 17.5 Å². The van der Waals surface area contributed by atoms with Crippen LogP contribution in [-0.2, 0) is 11.2 Å². The van der Waals surface area contributed by atoms with E-state index in [1.54, 1.807) is 31.5 Å². The minimum Gasteiger partial charge on any atom is -0.493 e. The molecular formula is C20H24N2O3. The molecular weight excluding hydrogens is 316 g/mol. The lowest BCUT2D eigenvalue weighted by atomic mass is 10.1. The van der Waals surface area contributed by atoms with Gasteiger partial charge in [-0.3, -0.25) is 9.78 Å². The van der Waals surface area contributed by atoms with Crippen molar-refractivity contribution in [2.75, 3.05) is 27.8 Å². The third-order valence-corrected chi connectivity index (χ3v) is 3.94. The second-order valence-corrected chi connectivity index (χ2v) is 5.78. The summed E-state index contributed by atoms with van der Waals surface area (Å²) in [7, 11) is 5.04. The maximum absolute atomic E-state index is 12.5. The Bertz CT molecular complexity index is 742. The zero-order valence-electron chi connectivity index (χ0n) is 15.2. The highest BCUT2D eigenvalue weighted by Gasteiger charge is 2.12. The largest absolute Gasteiger partial charge is 0.493 e. The van der Waals surface area contributed by atoms with Gasteiger partial charge in [-0.05, 0) is 48.7 Å². The molecule has 0 N–H and O–H groups in total. The van der Waals surface area contributed by atoms with Gasteiger partial charge in [-0.2, -0.15) is 0 Å². The molecule has 0 aliphatic rings. The highest BCUT2D eigenvalue weighted by Crippen LogP contribution is 2.27. The van der Waals surface area contributed by atoms with Crippen LogP contribution in [0.5, 0.6) is 11.5 Å². The molecule has 0 saturated heterocycles. The van der Waals surface area contributed by atoms with Crippen LogP contribution in [0.2, 0.25) is 0 Å². The summed E-state index contributed by atoms with van der Waals surface area (Å²) >= 11 is 0. The third-order valence-electron chi connectivity index (χ3n) is 3.94. The van der Waals surface area contributed by atoms with Crippen molar-refractivity contribution in [3.63, 3.8) is 0 Å². The van der Waals surface area contributed by atoms with E-state index in [9.17, 15) is 4.79 Å². The van der Waals surface area contributed by atoms with E-state index in [-0.39, 0.29) is 5.91 Å². The lowest BCUT2D eigenvalue weighted by Gasteiger charge is -2.18. The molecule has 2 aromatic rings. The lowest BCUT2D eigenvalue weighted by molar-refractivity contribution is -0.125. The fourth-order valence-corrected chi connectivity index (χ4v) is 2.51. The van der Waals surface area contributed by atoms with Gasteiger partial charge in [0.1, 0.15) is 0 Å². The van der Waals surface area contributed by atoms with Crippen molar-refractivity contribution in [3.8, 4) is 11.5 Å². The van der Waals surface area contributed by atoms with E-state index in [1.807, 2.05) is 50.4 Å². The molecule has 0 fully saturated rings. The molecule has 0 aliphatic heterocycles. The molecule has 0 spiro atoms. The number of aromatic nitrogens is 1. The molecule has 0 radical (unpaired) electrons. The van der Waals surface area contributed by atoms with Crippen LogP contribution in [0.15, 0.2) is 48.3 Å². The first-order chi connectivity index (χ1) is 12.0.